The standard InChI is InChI=1S/C13H18O3/c1-8-3-4-10-7-11(15)5-6-12(10)13(8)16-9(2)14/h7-8,12-13H,3-6H2,1-2H3/t8?,12?,13-/m1/s1. The summed E-state index contributed by atoms with van der Waals surface area (Å²) < 4.78 is 5.42. The van der Waals surface area contributed by atoms with Crippen molar-refractivity contribution in [2.75, 3.05) is 0 Å². The van der Waals surface area contributed by atoms with Crippen molar-refractivity contribution < 1.29 is 14.3 Å². The fraction of sp³-hybridized carbons (Fsp3) is 0.692. The fourth-order valence-corrected chi connectivity index (χ4v) is 2.85. The lowest BCUT2D eigenvalue weighted by Gasteiger charge is -2.39. The van der Waals surface area contributed by atoms with Crippen LogP contribution in [0, 0.1) is 11.8 Å². The molecule has 0 spiro atoms. The molecule has 1 fully saturated rings. The van der Waals surface area contributed by atoms with Gasteiger partial charge in [-0.15, -0.1) is 0 Å². The van der Waals surface area contributed by atoms with Crippen LogP contribution in [0.3, 0.4) is 0 Å². The van der Waals surface area contributed by atoms with Crippen LogP contribution in [0.5, 0.6) is 0 Å². The van der Waals surface area contributed by atoms with E-state index in [1.165, 1.54) is 12.5 Å². The quantitative estimate of drug-likeness (QED) is 0.639. The summed E-state index contributed by atoms with van der Waals surface area (Å²) in [5.41, 5.74) is 1.20. The lowest BCUT2D eigenvalue weighted by Crippen LogP contribution is -2.38. The Balaban J connectivity index is 2.19. The molecule has 16 heavy (non-hydrogen) atoms. The van der Waals surface area contributed by atoms with E-state index in [4.69, 9.17) is 4.74 Å². The first-order valence-corrected chi connectivity index (χ1v) is 5.98. The maximum Gasteiger partial charge on any atom is 0.302 e. The van der Waals surface area contributed by atoms with Gasteiger partial charge in [0.1, 0.15) is 6.10 Å². The van der Waals surface area contributed by atoms with Crippen molar-refractivity contribution in [3.05, 3.63) is 11.6 Å². The van der Waals surface area contributed by atoms with E-state index in [0.717, 1.165) is 19.3 Å². The first-order valence-electron chi connectivity index (χ1n) is 5.98. The summed E-state index contributed by atoms with van der Waals surface area (Å²) in [6.45, 7) is 3.58. The number of ether oxygens (including phenoxy) is 1. The fourth-order valence-electron chi connectivity index (χ4n) is 2.85. The van der Waals surface area contributed by atoms with Crippen LogP contribution in [0.2, 0.25) is 0 Å². The van der Waals surface area contributed by atoms with Crippen LogP contribution in [0.15, 0.2) is 11.6 Å². The van der Waals surface area contributed by atoms with Crippen molar-refractivity contribution in [2.45, 2.75) is 45.6 Å². The third kappa shape index (κ3) is 2.18. The number of hydrogen-bond acceptors (Lipinski definition) is 3. The van der Waals surface area contributed by atoms with Crippen molar-refractivity contribution in [1.82, 2.24) is 0 Å². The van der Waals surface area contributed by atoms with Gasteiger partial charge < -0.3 is 4.74 Å². The number of allylic oxidation sites excluding steroid dienone is 1. The number of hydrogen-bond donors (Lipinski definition) is 0. The smallest absolute Gasteiger partial charge is 0.302 e. The Kier molecular flexibility index (Phi) is 3.13. The van der Waals surface area contributed by atoms with Crippen LogP contribution in [0.25, 0.3) is 0 Å². The Bertz CT molecular complexity index is 343. The van der Waals surface area contributed by atoms with Gasteiger partial charge in [0.15, 0.2) is 5.78 Å². The molecule has 3 heteroatoms. The highest BCUT2D eigenvalue weighted by Crippen LogP contribution is 2.40. The van der Waals surface area contributed by atoms with Crippen LogP contribution < -0.4 is 0 Å². The van der Waals surface area contributed by atoms with E-state index in [9.17, 15) is 9.59 Å². The van der Waals surface area contributed by atoms with Gasteiger partial charge in [-0.25, -0.2) is 0 Å². The van der Waals surface area contributed by atoms with Crippen LogP contribution in [0.1, 0.15) is 39.5 Å². The van der Waals surface area contributed by atoms with E-state index < -0.39 is 0 Å². The molecule has 2 aliphatic rings. The Labute approximate surface area is 95.9 Å². The Morgan fingerprint density at radius 2 is 2.12 bits per heavy atom. The number of carbonyl (C=O) groups is 2. The first kappa shape index (κ1) is 11.4. The Morgan fingerprint density at radius 3 is 2.81 bits per heavy atom. The molecule has 3 atom stereocenters. The van der Waals surface area contributed by atoms with Gasteiger partial charge in [-0.05, 0) is 31.3 Å². The first-order chi connectivity index (χ1) is 7.58. The molecule has 0 saturated heterocycles. The second-order valence-electron chi connectivity index (χ2n) is 4.92. The molecule has 0 N–H and O–H groups in total. The van der Waals surface area contributed by atoms with E-state index in [-0.39, 0.29) is 23.8 Å². The third-order valence-electron chi connectivity index (χ3n) is 3.67. The molecular formula is C13H18O3. The summed E-state index contributed by atoms with van der Waals surface area (Å²) in [5.74, 6) is 0.696. The second kappa shape index (κ2) is 4.40. The Morgan fingerprint density at radius 1 is 1.38 bits per heavy atom. The van der Waals surface area contributed by atoms with Gasteiger partial charge in [-0.1, -0.05) is 12.5 Å². The lowest BCUT2D eigenvalue weighted by molar-refractivity contribution is -0.153. The number of fused-ring (bicyclic) bond motifs is 1. The summed E-state index contributed by atoms with van der Waals surface area (Å²) >= 11 is 0. The summed E-state index contributed by atoms with van der Waals surface area (Å²) in [7, 11) is 0. The average Bonchev–Trinajstić information content (AvgIpc) is 2.22. The predicted molar refractivity (Wildman–Crippen MR) is 59.8 cm³/mol. The molecular weight excluding hydrogens is 204 g/mol. The highest BCUT2D eigenvalue weighted by Gasteiger charge is 2.38. The van der Waals surface area contributed by atoms with Gasteiger partial charge in [0, 0.05) is 19.3 Å². The second-order valence-corrected chi connectivity index (χ2v) is 4.92. The minimum Gasteiger partial charge on any atom is -0.462 e. The number of rotatable bonds is 1. The van der Waals surface area contributed by atoms with Crippen molar-refractivity contribution >= 4 is 11.8 Å². The maximum atomic E-state index is 11.3. The molecule has 0 aromatic rings. The van der Waals surface area contributed by atoms with Crippen LogP contribution in [-0.4, -0.2) is 17.9 Å². The molecule has 0 heterocycles. The minimum absolute atomic E-state index is 0.0226. The number of carbonyl (C=O) groups excluding carboxylic acids is 2. The molecule has 88 valence electrons. The van der Waals surface area contributed by atoms with Crippen LogP contribution in [-0.2, 0) is 14.3 Å². The normalized spacial score (nSPS) is 34.0. The molecule has 0 bridgehead atoms. The van der Waals surface area contributed by atoms with Crippen molar-refractivity contribution in [3.63, 3.8) is 0 Å². The molecule has 0 aromatic heterocycles. The molecule has 2 unspecified atom stereocenters. The Hall–Kier alpha value is -1.12. The monoisotopic (exact) mass is 222 g/mol. The van der Waals surface area contributed by atoms with E-state index in [1.807, 2.05) is 0 Å². The zero-order chi connectivity index (χ0) is 11.7. The lowest BCUT2D eigenvalue weighted by atomic mass is 9.71. The van der Waals surface area contributed by atoms with Gasteiger partial charge >= 0.3 is 5.97 Å². The minimum atomic E-state index is -0.213. The number of ketones is 1. The van der Waals surface area contributed by atoms with Crippen LogP contribution in [0.4, 0.5) is 0 Å². The summed E-state index contributed by atoms with van der Waals surface area (Å²) in [6.07, 6.45) is 5.18. The maximum absolute atomic E-state index is 11.3. The molecule has 2 rings (SSSR count). The summed E-state index contributed by atoms with van der Waals surface area (Å²) in [5, 5.41) is 0. The molecule has 0 aliphatic heterocycles. The molecule has 2 aliphatic carbocycles. The zero-order valence-corrected chi connectivity index (χ0v) is 9.86. The zero-order valence-electron chi connectivity index (χ0n) is 9.86. The average molecular weight is 222 g/mol. The van der Waals surface area contributed by atoms with E-state index in [0.29, 0.717) is 12.3 Å². The van der Waals surface area contributed by atoms with E-state index in [1.54, 1.807) is 6.08 Å². The van der Waals surface area contributed by atoms with Crippen molar-refractivity contribution in [3.8, 4) is 0 Å². The van der Waals surface area contributed by atoms with Crippen molar-refractivity contribution in [2.24, 2.45) is 11.8 Å². The van der Waals surface area contributed by atoms with Gasteiger partial charge in [0.25, 0.3) is 0 Å². The largest absolute Gasteiger partial charge is 0.462 e. The topological polar surface area (TPSA) is 43.4 Å². The molecule has 1 saturated carbocycles. The highest BCUT2D eigenvalue weighted by atomic mass is 16.5. The number of esters is 1. The molecule has 0 radical (unpaired) electrons. The van der Waals surface area contributed by atoms with Gasteiger partial charge in [0.2, 0.25) is 0 Å². The summed E-state index contributed by atoms with van der Waals surface area (Å²) in [6, 6.07) is 0. The molecule has 3 nitrogen and oxygen atoms in total. The van der Waals surface area contributed by atoms with Gasteiger partial charge in [-0.3, -0.25) is 9.59 Å². The van der Waals surface area contributed by atoms with Gasteiger partial charge in [-0.2, -0.15) is 0 Å². The highest BCUT2D eigenvalue weighted by molar-refractivity contribution is 5.91. The van der Waals surface area contributed by atoms with Crippen LogP contribution >= 0.6 is 0 Å². The van der Waals surface area contributed by atoms with E-state index in [2.05, 4.69) is 6.92 Å². The van der Waals surface area contributed by atoms with E-state index >= 15 is 0 Å². The van der Waals surface area contributed by atoms with Crippen molar-refractivity contribution in [1.29, 1.82) is 0 Å². The molecule has 0 aromatic carbocycles. The SMILES string of the molecule is CC(=O)O[C@@H]1C(C)CCC2=CC(=O)CCC21. The third-order valence-corrected chi connectivity index (χ3v) is 3.67. The summed E-state index contributed by atoms with van der Waals surface area (Å²) in [4.78, 5) is 22.4. The van der Waals surface area contributed by atoms with Gasteiger partial charge in [0.05, 0.1) is 0 Å². The predicted octanol–water partition coefficient (Wildman–Crippen LogP) is 2.25. The molecule has 0 amide bonds.